The fraction of sp³-hybridized carbons (Fsp3) is 0.159. The summed E-state index contributed by atoms with van der Waals surface area (Å²) in [6.07, 6.45) is 14.2. The second-order valence-corrected chi connectivity index (χ2v) is 26.5. The molecule has 556 valence electrons. The predicted molar refractivity (Wildman–Crippen MR) is 432 cm³/mol. The monoisotopic (exact) mass is 1520 g/mol. The SMILES string of the molecule is COc1cc(C)cc(-c2c(-c3ccc(-c4cccc(C(C)=O)c4)nc3)cnn2CC#N)c1.COc1cc(C)cc(-c2c(-c3ccc(Cl)nc3)cnn2CC#N)c1.COc1cc(C)cc(-c2nn(CC#N)cc2-c2ccc(-c3cccc(C(C)=O)c3)nc2)c1.COc1cc(C)cc(-c2nn(CC#N)cc2-c2ccc(Cl)nc2)c1. The summed E-state index contributed by atoms with van der Waals surface area (Å²) in [5, 5.41) is 55.4. The highest BCUT2D eigenvalue weighted by atomic mass is 35.5. The van der Waals surface area contributed by atoms with Gasteiger partial charge in [0.05, 0.1) is 87.9 Å². The number of Topliss-reactive ketones (excluding diaryl/α,β-unsaturated/α-hetero) is 2. The fourth-order valence-electron chi connectivity index (χ4n) is 12.5. The van der Waals surface area contributed by atoms with Crippen molar-refractivity contribution in [3.05, 3.63) is 263 Å². The molecule has 24 heteroatoms. The number of aromatic nitrogens is 12. The van der Waals surface area contributed by atoms with Crippen molar-refractivity contribution < 1.29 is 28.5 Å². The van der Waals surface area contributed by atoms with Crippen LogP contribution in [0.2, 0.25) is 10.3 Å². The number of carbonyl (C=O) groups is 2. The maximum atomic E-state index is 11.7. The van der Waals surface area contributed by atoms with Crippen LogP contribution in [-0.2, 0) is 26.2 Å². The van der Waals surface area contributed by atoms with E-state index in [4.69, 9.17) is 57.9 Å². The Hall–Kier alpha value is -14.2. The highest BCUT2D eigenvalue weighted by Gasteiger charge is 2.22. The molecule has 0 radical (unpaired) electrons. The van der Waals surface area contributed by atoms with Gasteiger partial charge in [-0.1, -0.05) is 71.7 Å². The molecule has 0 saturated heterocycles. The largest absolute Gasteiger partial charge is 0.497 e. The third-order valence-electron chi connectivity index (χ3n) is 17.7. The summed E-state index contributed by atoms with van der Waals surface area (Å²) in [5.41, 5.74) is 22.9. The molecule has 8 aromatic heterocycles. The van der Waals surface area contributed by atoms with Gasteiger partial charge in [0.25, 0.3) is 0 Å². The van der Waals surface area contributed by atoms with Gasteiger partial charge in [-0.15, -0.1) is 0 Å². The topological polar surface area (TPSA) is 289 Å². The number of ether oxygens (including phenoxy) is 4. The average molecular weight is 1520 g/mol. The van der Waals surface area contributed by atoms with Gasteiger partial charge < -0.3 is 18.9 Å². The Morgan fingerprint density at radius 1 is 0.366 bits per heavy atom. The number of carbonyl (C=O) groups excluding carboxylic acids is 2. The Balaban J connectivity index is 0.000000149. The first kappa shape index (κ1) is 78.9. The number of ketones is 2. The zero-order valence-corrected chi connectivity index (χ0v) is 64.5. The maximum Gasteiger partial charge on any atom is 0.159 e. The third-order valence-corrected chi connectivity index (χ3v) is 18.2. The maximum absolute atomic E-state index is 11.7. The first-order valence-corrected chi connectivity index (χ1v) is 35.7. The summed E-state index contributed by atoms with van der Waals surface area (Å²) >= 11 is 11.8. The normalized spacial score (nSPS) is 10.5. The number of hydrogen-bond acceptors (Lipinski definition) is 18. The average Bonchev–Trinajstić information content (AvgIpc) is 1.61. The number of nitrogens with zero attached hydrogens (tertiary/aromatic N) is 16. The van der Waals surface area contributed by atoms with Crippen molar-refractivity contribution >= 4 is 34.8 Å². The Kier molecular flexibility index (Phi) is 25.8. The molecule has 14 aromatic rings. The Bertz CT molecular complexity index is 5780. The van der Waals surface area contributed by atoms with Crippen molar-refractivity contribution in [3.63, 3.8) is 0 Å². The molecule has 0 spiro atoms. The molecule has 6 aromatic carbocycles. The van der Waals surface area contributed by atoms with Crippen LogP contribution in [0.25, 0.3) is 112 Å². The molecular weight excluding hydrogens is 1450 g/mol. The van der Waals surface area contributed by atoms with E-state index in [1.165, 1.54) is 0 Å². The summed E-state index contributed by atoms with van der Waals surface area (Å²) < 4.78 is 28.2. The molecule has 8 heterocycles. The molecule has 0 atom stereocenters. The summed E-state index contributed by atoms with van der Waals surface area (Å²) in [7, 11) is 6.54. The van der Waals surface area contributed by atoms with E-state index >= 15 is 0 Å². The minimum absolute atomic E-state index is 0.0200. The molecule has 0 aliphatic heterocycles. The van der Waals surface area contributed by atoms with Gasteiger partial charge in [-0.2, -0.15) is 41.4 Å². The van der Waals surface area contributed by atoms with Crippen molar-refractivity contribution in [2.75, 3.05) is 28.4 Å². The summed E-state index contributed by atoms with van der Waals surface area (Å²) in [6, 6.07) is 62.2. The second-order valence-electron chi connectivity index (χ2n) is 25.8. The molecule has 0 aliphatic rings. The van der Waals surface area contributed by atoms with E-state index in [1.807, 2.05) is 186 Å². The van der Waals surface area contributed by atoms with Gasteiger partial charge in [-0.3, -0.25) is 38.3 Å². The third kappa shape index (κ3) is 19.2. The lowest BCUT2D eigenvalue weighted by atomic mass is 10.00. The van der Waals surface area contributed by atoms with Crippen molar-refractivity contribution in [1.82, 2.24) is 59.1 Å². The van der Waals surface area contributed by atoms with E-state index in [-0.39, 0.29) is 37.7 Å². The second kappa shape index (κ2) is 36.6. The lowest BCUT2D eigenvalue weighted by molar-refractivity contribution is 0.100. The minimum atomic E-state index is 0.0200. The Labute approximate surface area is 658 Å². The van der Waals surface area contributed by atoms with Gasteiger partial charge in [0, 0.05) is 126 Å². The number of methoxy groups -OCH3 is 4. The lowest BCUT2D eigenvalue weighted by Gasteiger charge is -2.11. The van der Waals surface area contributed by atoms with Gasteiger partial charge in [-0.05, 0) is 185 Å². The van der Waals surface area contributed by atoms with E-state index in [9.17, 15) is 14.9 Å². The van der Waals surface area contributed by atoms with Crippen LogP contribution < -0.4 is 18.9 Å². The highest BCUT2D eigenvalue weighted by Crippen LogP contribution is 2.40. The number of nitriles is 4. The summed E-state index contributed by atoms with van der Waals surface area (Å²) in [4.78, 5) is 40.9. The molecule has 0 amide bonds. The molecule has 0 aliphatic carbocycles. The van der Waals surface area contributed by atoms with E-state index in [2.05, 4.69) is 64.6 Å². The van der Waals surface area contributed by atoms with Gasteiger partial charge in [-0.25, -0.2) is 9.97 Å². The molecule has 0 saturated carbocycles. The lowest BCUT2D eigenvalue weighted by Crippen LogP contribution is -2.01. The molecule has 112 heavy (non-hydrogen) atoms. The van der Waals surface area contributed by atoms with Crippen LogP contribution in [0, 0.1) is 73.0 Å². The van der Waals surface area contributed by atoms with E-state index < -0.39 is 0 Å². The molecule has 0 N–H and O–H groups in total. The minimum Gasteiger partial charge on any atom is -0.497 e. The van der Waals surface area contributed by atoms with E-state index in [0.717, 1.165) is 157 Å². The first-order chi connectivity index (χ1) is 54.2. The molecular formula is C88H74Cl2N16O6. The van der Waals surface area contributed by atoms with E-state index in [0.29, 0.717) is 21.4 Å². The first-order valence-electron chi connectivity index (χ1n) is 35.0. The standard InChI is InChI=1S/2C26H22N4O2.2C18H15ClN4O/c1-17-11-22(14-23(12-17)32-3)26-24(16-30(29-26)10-9-27)21-7-8-25(28-15-21)20-6-4-5-19(13-20)18(2)31;1-17-11-22(14-23(12-17)32-3)26-24(16-29-30(26)10-9-27)21-7-8-25(28-15-21)20-6-4-5-19(13-20)18(2)31;1-12-7-14(9-15(8-12)24-2)18-16(11-23(22-18)6-5-20)13-3-4-17(19)21-10-13;1-12-7-14(9-15(8-12)24-2)18-16(11-22-23(18)6-5-20)13-3-4-17(19)21-10-13/h2*4-8,11-16H,10H2,1-3H3;2*3-4,7-11H,6H2,1-2H3. The Morgan fingerprint density at radius 3 is 1.01 bits per heavy atom. The molecule has 0 unspecified atom stereocenters. The zero-order valence-electron chi connectivity index (χ0n) is 63.0. The highest BCUT2D eigenvalue weighted by molar-refractivity contribution is 6.29. The van der Waals surface area contributed by atoms with Gasteiger partial charge in [0.1, 0.15) is 70.9 Å². The van der Waals surface area contributed by atoms with Gasteiger partial charge in [0.15, 0.2) is 11.6 Å². The van der Waals surface area contributed by atoms with Crippen molar-refractivity contribution in [3.8, 4) is 159 Å². The number of hydrogen-bond donors (Lipinski definition) is 0. The van der Waals surface area contributed by atoms with Gasteiger partial charge >= 0.3 is 0 Å². The number of rotatable bonds is 20. The van der Waals surface area contributed by atoms with Crippen LogP contribution >= 0.6 is 23.2 Å². The summed E-state index contributed by atoms with van der Waals surface area (Å²) in [6.45, 7) is 11.7. The molecule has 0 fully saturated rings. The predicted octanol–water partition coefficient (Wildman–Crippen LogP) is 18.9. The Morgan fingerprint density at radius 2 is 0.696 bits per heavy atom. The fourth-order valence-corrected chi connectivity index (χ4v) is 12.7. The number of aryl methyl sites for hydroxylation is 4. The van der Waals surface area contributed by atoms with Crippen molar-refractivity contribution in [2.45, 2.75) is 67.7 Å². The number of benzene rings is 6. The van der Waals surface area contributed by atoms with Gasteiger partial charge in [0.2, 0.25) is 0 Å². The number of halogens is 2. The van der Waals surface area contributed by atoms with Crippen LogP contribution in [0.4, 0.5) is 0 Å². The quantitative estimate of drug-likeness (QED) is 0.0506. The van der Waals surface area contributed by atoms with Crippen molar-refractivity contribution in [2.24, 2.45) is 0 Å². The summed E-state index contributed by atoms with van der Waals surface area (Å²) in [5.74, 6) is 3.06. The molecule has 14 rings (SSSR count). The molecule has 22 nitrogen and oxygen atoms in total. The zero-order chi connectivity index (χ0) is 79.5. The van der Waals surface area contributed by atoms with Crippen LogP contribution in [0.15, 0.2) is 219 Å². The molecule has 0 bridgehead atoms. The van der Waals surface area contributed by atoms with Crippen LogP contribution in [0.1, 0.15) is 56.8 Å². The smallest absolute Gasteiger partial charge is 0.159 e. The van der Waals surface area contributed by atoms with Crippen LogP contribution in [0.3, 0.4) is 0 Å². The van der Waals surface area contributed by atoms with Crippen molar-refractivity contribution in [1.29, 1.82) is 21.0 Å². The van der Waals surface area contributed by atoms with Crippen LogP contribution in [-0.4, -0.2) is 99.1 Å². The van der Waals surface area contributed by atoms with E-state index in [1.54, 1.807) is 122 Å². The van der Waals surface area contributed by atoms with Crippen LogP contribution in [0.5, 0.6) is 23.0 Å². The number of pyridine rings is 4.